The van der Waals surface area contributed by atoms with Crippen LogP contribution >= 0.6 is 11.3 Å². The van der Waals surface area contributed by atoms with Crippen molar-refractivity contribution >= 4 is 33.3 Å². The first kappa shape index (κ1) is 21.1. The molecule has 0 saturated carbocycles. The number of carbonyl (C=O) groups is 1. The summed E-state index contributed by atoms with van der Waals surface area (Å²) in [4.78, 5) is 27.5. The number of aryl methyl sites for hydroxylation is 2. The van der Waals surface area contributed by atoms with E-state index in [0.29, 0.717) is 30.4 Å². The largest absolute Gasteiger partial charge is 0.486 e. The molecule has 8 nitrogen and oxygen atoms in total. The van der Waals surface area contributed by atoms with Crippen LogP contribution < -0.4 is 20.1 Å². The van der Waals surface area contributed by atoms with Crippen LogP contribution in [0.1, 0.15) is 26.6 Å². The number of fused-ring (bicyclic) bond motifs is 2. The summed E-state index contributed by atoms with van der Waals surface area (Å²) in [6.45, 7) is 5.17. The minimum Gasteiger partial charge on any atom is -0.486 e. The zero-order chi connectivity index (χ0) is 22.8. The Hall–Kier alpha value is -3.72. The number of thiophene rings is 1. The molecule has 0 saturated heterocycles. The third-order valence-corrected chi connectivity index (χ3v) is 6.57. The lowest BCUT2D eigenvalue weighted by Gasteiger charge is -2.26. The Morgan fingerprint density at radius 1 is 1.12 bits per heavy atom. The predicted octanol–water partition coefficient (Wildman–Crippen LogP) is 3.89. The van der Waals surface area contributed by atoms with Gasteiger partial charge in [-0.15, -0.1) is 11.3 Å². The highest BCUT2D eigenvalue weighted by molar-refractivity contribution is 7.20. The molecule has 3 aromatic heterocycles. The Morgan fingerprint density at radius 3 is 2.82 bits per heavy atom. The van der Waals surface area contributed by atoms with Gasteiger partial charge in [0.05, 0.1) is 29.0 Å². The van der Waals surface area contributed by atoms with Crippen LogP contribution in [-0.4, -0.2) is 40.1 Å². The Labute approximate surface area is 195 Å². The van der Waals surface area contributed by atoms with E-state index >= 15 is 0 Å². The fraction of sp³-hybridized carbons (Fsp3) is 0.250. The number of pyridine rings is 1. The summed E-state index contributed by atoms with van der Waals surface area (Å²) < 4.78 is 11.8. The zero-order valence-electron chi connectivity index (χ0n) is 18.3. The number of ether oxygens (including phenoxy) is 2. The molecule has 0 fully saturated rings. The molecule has 168 valence electrons. The molecular formula is C24H23N5O3S. The molecule has 1 aliphatic heterocycles. The summed E-state index contributed by atoms with van der Waals surface area (Å²) in [7, 11) is 0. The molecule has 1 atom stereocenters. The monoisotopic (exact) mass is 461 g/mol. The second-order valence-corrected chi connectivity index (χ2v) is 8.79. The third-order valence-electron chi connectivity index (χ3n) is 5.37. The average Bonchev–Trinajstić information content (AvgIpc) is 3.18. The highest BCUT2D eigenvalue weighted by Gasteiger charge is 2.23. The van der Waals surface area contributed by atoms with Crippen LogP contribution in [0.4, 0.5) is 5.82 Å². The van der Waals surface area contributed by atoms with Gasteiger partial charge in [-0.05, 0) is 43.7 Å². The molecule has 0 aliphatic carbocycles. The molecule has 9 heteroatoms. The maximum absolute atomic E-state index is 12.9. The van der Waals surface area contributed by atoms with E-state index in [1.165, 1.54) is 17.7 Å². The van der Waals surface area contributed by atoms with E-state index in [4.69, 9.17) is 9.47 Å². The van der Waals surface area contributed by atoms with Crippen molar-refractivity contribution in [2.45, 2.75) is 26.5 Å². The summed E-state index contributed by atoms with van der Waals surface area (Å²) in [5.41, 5.74) is 2.58. The fourth-order valence-corrected chi connectivity index (χ4v) is 4.81. The van der Waals surface area contributed by atoms with Gasteiger partial charge in [-0.3, -0.25) is 9.78 Å². The summed E-state index contributed by atoms with van der Waals surface area (Å²) in [5.74, 6) is 2.02. The molecule has 1 aromatic carbocycles. The Morgan fingerprint density at radius 2 is 1.97 bits per heavy atom. The van der Waals surface area contributed by atoms with Gasteiger partial charge in [-0.25, -0.2) is 9.97 Å². The van der Waals surface area contributed by atoms with Crippen molar-refractivity contribution in [2.24, 2.45) is 0 Å². The van der Waals surface area contributed by atoms with Gasteiger partial charge in [0.1, 0.15) is 29.7 Å². The van der Waals surface area contributed by atoms with Gasteiger partial charge in [0, 0.05) is 5.69 Å². The van der Waals surface area contributed by atoms with Crippen molar-refractivity contribution in [2.75, 3.05) is 18.5 Å². The maximum Gasteiger partial charge on any atom is 0.262 e. The molecule has 0 bridgehead atoms. The molecule has 0 spiro atoms. The Kier molecular flexibility index (Phi) is 5.78. The number of hydrogen-bond acceptors (Lipinski definition) is 8. The van der Waals surface area contributed by atoms with Crippen LogP contribution in [0.2, 0.25) is 0 Å². The van der Waals surface area contributed by atoms with Gasteiger partial charge >= 0.3 is 0 Å². The van der Waals surface area contributed by atoms with Gasteiger partial charge in [0.15, 0.2) is 11.5 Å². The van der Waals surface area contributed by atoms with Crippen LogP contribution in [0, 0.1) is 13.8 Å². The summed E-state index contributed by atoms with van der Waals surface area (Å²) >= 11 is 1.36. The SMILES string of the molecule is Cc1cccc(CNC(=O)c2sc3ncnc(NCC4COc5ccccc5O4)c3c2C)n1. The van der Waals surface area contributed by atoms with Crippen molar-refractivity contribution in [1.82, 2.24) is 20.3 Å². The molecule has 0 radical (unpaired) electrons. The van der Waals surface area contributed by atoms with E-state index in [-0.39, 0.29) is 12.0 Å². The highest BCUT2D eigenvalue weighted by Crippen LogP contribution is 2.34. The van der Waals surface area contributed by atoms with Gasteiger partial charge in [-0.2, -0.15) is 0 Å². The number of nitrogens with one attached hydrogen (secondary N) is 2. The van der Waals surface area contributed by atoms with Gasteiger partial charge < -0.3 is 20.1 Å². The van der Waals surface area contributed by atoms with E-state index in [2.05, 4.69) is 25.6 Å². The normalized spacial score (nSPS) is 14.8. The number of aromatic nitrogens is 3. The topological polar surface area (TPSA) is 98.3 Å². The smallest absolute Gasteiger partial charge is 0.262 e. The second-order valence-electron chi connectivity index (χ2n) is 7.79. The molecule has 4 aromatic rings. The quantitative estimate of drug-likeness (QED) is 0.450. The molecule has 1 unspecified atom stereocenters. The van der Waals surface area contributed by atoms with E-state index in [1.807, 2.05) is 56.3 Å². The molecule has 2 N–H and O–H groups in total. The molecule has 4 heterocycles. The highest BCUT2D eigenvalue weighted by atomic mass is 32.1. The van der Waals surface area contributed by atoms with Crippen LogP contribution in [-0.2, 0) is 6.54 Å². The van der Waals surface area contributed by atoms with Crippen molar-refractivity contribution < 1.29 is 14.3 Å². The van der Waals surface area contributed by atoms with E-state index in [9.17, 15) is 4.79 Å². The number of benzene rings is 1. The number of amides is 1. The van der Waals surface area contributed by atoms with Crippen molar-refractivity contribution in [1.29, 1.82) is 0 Å². The molecule has 33 heavy (non-hydrogen) atoms. The first-order chi connectivity index (χ1) is 16.1. The predicted molar refractivity (Wildman–Crippen MR) is 127 cm³/mol. The lowest BCUT2D eigenvalue weighted by atomic mass is 10.2. The minimum atomic E-state index is -0.159. The minimum absolute atomic E-state index is 0.148. The van der Waals surface area contributed by atoms with Crippen molar-refractivity contribution in [3.8, 4) is 11.5 Å². The summed E-state index contributed by atoms with van der Waals surface area (Å²) in [6, 6.07) is 13.4. The lowest BCUT2D eigenvalue weighted by molar-refractivity contribution is 0.0954. The Bertz CT molecular complexity index is 1320. The second kappa shape index (κ2) is 9.03. The summed E-state index contributed by atoms with van der Waals surface area (Å²) in [5, 5.41) is 7.16. The number of anilines is 1. The van der Waals surface area contributed by atoms with Gasteiger partial charge in [-0.1, -0.05) is 18.2 Å². The maximum atomic E-state index is 12.9. The third kappa shape index (κ3) is 4.45. The average molecular weight is 462 g/mol. The number of hydrogen-bond donors (Lipinski definition) is 2. The van der Waals surface area contributed by atoms with Crippen molar-refractivity contribution in [3.63, 3.8) is 0 Å². The van der Waals surface area contributed by atoms with Crippen molar-refractivity contribution in [3.05, 3.63) is 70.6 Å². The van der Waals surface area contributed by atoms with Gasteiger partial charge in [0.2, 0.25) is 0 Å². The first-order valence-electron chi connectivity index (χ1n) is 10.7. The standard InChI is InChI=1S/C24H23N5O3S/c1-14-6-5-7-16(29-14)10-26-23(30)21-15(2)20-22(27-13-28-24(20)33-21)25-11-17-12-31-18-8-3-4-9-19(18)32-17/h3-9,13,17H,10-12H2,1-2H3,(H,26,30)(H,25,27,28). The van der Waals surface area contributed by atoms with Crippen LogP contribution in [0.15, 0.2) is 48.8 Å². The fourth-order valence-electron chi connectivity index (χ4n) is 3.75. The van der Waals surface area contributed by atoms with Crippen LogP contribution in [0.3, 0.4) is 0 Å². The molecule has 1 aliphatic rings. The number of nitrogens with zero attached hydrogens (tertiary/aromatic N) is 3. The molecule has 1 amide bonds. The molecular weight excluding hydrogens is 438 g/mol. The van der Waals surface area contributed by atoms with E-state index < -0.39 is 0 Å². The summed E-state index contributed by atoms with van der Waals surface area (Å²) in [6.07, 6.45) is 1.35. The van der Waals surface area contributed by atoms with Gasteiger partial charge in [0.25, 0.3) is 5.91 Å². The van der Waals surface area contributed by atoms with Crippen LogP contribution in [0.25, 0.3) is 10.2 Å². The molecule has 5 rings (SSSR count). The lowest BCUT2D eigenvalue weighted by Crippen LogP contribution is -2.35. The zero-order valence-corrected chi connectivity index (χ0v) is 19.1. The van der Waals surface area contributed by atoms with E-state index in [1.54, 1.807) is 0 Å². The van der Waals surface area contributed by atoms with Crippen LogP contribution in [0.5, 0.6) is 11.5 Å². The number of para-hydroxylation sites is 2. The first-order valence-corrected chi connectivity index (χ1v) is 11.5. The number of rotatable bonds is 6. The Balaban J connectivity index is 1.30. The van der Waals surface area contributed by atoms with E-state index in [0.717, 1.165) is 38.7 Å². The number of carbonyl (C=O) groups excluding carboxylic acids is 1.